The number of hydrogen-bond acceptors (Lipinski definition) is 4. The van der Waals surface area contributed by atoms with E-state index >= 15 is 0 Å². The Bertz CT molecular complexity index is 710. The second-order valence-corrected chi connectivity index (χ2v) is 7.16. The van der Waals surface area contributed by atoms with E-state index in [9.17, 15) is 4.39 Å². The van der Waals surface area contributed by atoms with Crippen molar-refractivity contribution in [2.45, 2.75) is 19.6 Å². The molecule has 0 saturated heterocycles. The second-order valence-electron chi connectivity index (χ2n) is 6.31. The van der Waals surface area contributed by atoms with Crippen LogP contribution >= 0.6 is 15.9 Å². The largest absolute Gasteiger partial charge is 0.493 e. The average Bonchev–Trinajstić information content (AvgIpc) is 2.61. The van der Waals surface area contributed by atoms with Crippen LogP contribution in [-0.2, 0) is 13.2 Å². The highest BCUT2D eigenvalue weighted by Crippen LogP contribution is 2.34. The van der Waals surface area contributed by atoms with Gasteiger partial charge in [-0.1, -0.05) is 34.1 Å². The Morgan fingerprint density at radius 3 is 2.58 bits per heavy atom. The Kier molecular flexibility index (Phi) is 8.35. The van der Waals surface area contributed by atoms with Gasteiger partial charge in [0.25, 0.3) is 0 Å². The van der Waals surface area contributed by atoms with Crippen LogP contribution in [0.5, 0.6) is 11.5 Å². The van der Waals surface area contributed by atoms with Gasteiger partial charge >= 0.3 is 0 Å². The Labute approximate surface area is 163 Å². The van der Waals surface area contributed by atoms with Crippen LogP contribution in [0.3, 0.4) is 0 Å². The van der Waals surface area contributed by atoms with Crippen LogP contribution in [0.2, 0.25) is 0 Å². The van der Waals surface area contributed by atoms with E-state index in [1.807, 2.05) is 12.1 Å². The van der Waals surface area contributed by atoms with Crippen molar-refractivity contribution in [3.8, 4) is 11.5 Å². The number of halogens is 2. The van der Waals surface area contributed by atoms with Crippen LogP contribution in [-0.4, -0.2) is 39.2 Å². The number of hydrogen-bond donors (Lipinski definition) is 1. The molecule has 6 heteroatoms. The molecule has 0 heterocycles. The van der Waals surface area contributed by atoms with Gasteiger partial charge in [-0.05, 0) is 57.4 Å². The number of nitrogens with one attached hydrogen (secondary N) is 1. The van der Waals surface area contributed by atoms with Crippen LogP contribution in [0.4, 0.5) is 4.39 Å². The Morgan fingerprint density at radius 1 is 1.12 bits per heavy atom. The lowest BCUT2D eigenvalue weighted by Crippen LogP contribution is -2.21. The lowest BCUT2D eigenvalue weighted by atomic mass is 10.2. The van der Waals surface area contributed by atoms with Gasteiger partial charge in [-0.15, -0.1) is 0 Å². The van der Waals surface area contributed by atoms with E-state index in [4.69, 9.17) is 9.47 Å². The average molecular weight is 425 g/mol. The van der Waals surface area contributed by atoms with E-state index in [1.54, 1.807) is 25.3 Å². The summed E-state index contributed by atoms with van der Waals surface area (Å²) in [4.78, 5) is 2.17. The quantitative estimate of drug-likeness (QED) is 0.578. The van der Waals surface area contributed by atoms with Crippen molar-refractivity contribution in [2.24, 2.45) is 0 Å². The maximum Gasteiger partial charge on any atom is 0.162 e. The first-order valence-corrected chi connectivity index (χ1v) is 9.38. The fourth-order valence-electron chi connectivity index (χ4n) is 2.50. The summed E-state index contributed by atoms with van der Waals surface area (Å²) in [6, 6.07) is 10.4. The summed E-state index contributed by atoms with van der Waals surface area (Å²) in [5.41, 5.74) is 1.60. The van der Waals surface area contributed by atoms with Gasteiger partial charge in [-0.2, -0.15) is 0 Å². The first kappa shape index (κ1) is 20.7. The van der Waals surface area contributed by atoms with E-state index < -0.39 is 0 Å². The molecule has 2 rings (SSSR count). The van der Waals surface area contributed by atoms with Crippen LogP contribution < -0.4 is 14.8 Å². The highest BCUT2D eigenvalue weighted by Gasteiger charge is 2.11. The normalized spacial score (nSPS) is 11.0. The Hall–Kier alpha value is -1.63. The van der Waals surface area contributed by atoms with Gasteiger partial charge in [0.1, 0.15) is 12.4 Å². The van der Waals surface area contributed by atoms with Crippen LogP contribution in [0.1, 0.15) is 17.5 Å². The predicted molar refractivity (Wildman–Crippen MR) is 106 cm³/mol. The van der Waals surface area contributed by atoms with Gasteiger partial charge < -0.3 is 19.7 Å². The summed E-state index contributed by atoms with van der Waals surface area (Å²) >= 11 is 3.59. The zero-order valence-electron chi connectivity index (χ0n) is 15.5. The van der Waals surface area contributed by atoms with Gasteiger partial charge in [-0.3, -0.25) is 0 Å². The van der Waals surface area contributed by atoms with Gasteiger partial charge in [0.05, 0.1) is 7.11 Å². The smallest absolute Gasteiger partial charge is 0.162 e. The number of ether oxygens (including phenoxy) is 2. The molecule has 26 heavy (non-hydrogen) atoms. The molecule has 0 fully saturated rings. The highest BCUT2D eigenvalue weighted by atomic mass is 79.9. The van der Waals surface area contributed by atoms with Crippen LogP contribution in [0.15, 0.2) is 40.9 Å². The molecular formula is C20H26BrFN2O2. The molecule has 0 aromatic heterocycles. The van der Waals surface area contributed by atoms with Gasteiger partial charge in [0, 0.05) is 16.6 Å². The molecule has 0 amide bonds. The minimum absolute atomic E-state index is 0.150. The van der Waals surface area contributed by atoms with Crippen molar-refractivity contribution >= 4 is 15.9 Å². The predicted octanol–water partition coefficient (Wildman–Crippen LogP) is 4.22. The molecule has 142 valence electrons. The van der Waals surface area contributed by atoms with Crippen molar-refractivity contribution in [3.05, 3.63) is 57.8 Å². The van der Waals surface area contributed by atoms with Gasteiger partial charge in [0.15, 0.2) is 11.5 Å². The van der Waals surface area contributed by atoms with E-state index in [0.717, 1.165) is 36.1 Å². The minimum atomic E-state index is -0.274. The molecule has 0 saturated carbocycles. The molecule has 0 bridgehead atoms. The first-order chi connectivity index (χ1) is 12.5. The fraction of sp³-hybridized carbons (Fsp3) is 0.400. The molecule has 0 spiro atoms. The molecule has 0 unspecified atom stereocenters. The van der Waals surface area contributed by atoms with Gasteiger partial charge in [0.2, 0.25) is 0 Å². The monoisotopic (exact) mass is 424 g/mol. The zero-order valence-corrected chi connectivity index (χ0v) is 17.1. The lowest BCUT2D eigenvalue weighted by Gasteiger charge is -2.15. The molecule has 0 aliphatic rings. The van der Waals surface area contributed by atoms with Crippen LogP contribution in [0.25, 0.3) is 0 Å². The van der Waals surface area contributed by atoms with Crippen molar-refractivity contribution in [3.63, 3.8) is 0 Å². The zero-order chi connectivity index (χ0) is 18.9. The van der Waals surface area contributed by atoms with Crippen molar-refractivity contribution in [1.29, 1.82) is 0 Å². The summed E-state index contributed by atoms with van der Waals surface area (Å²) in [6.45, 7) is 2.88. The standard InChI is InChI=1S/C20H26BrFN2O2/c1-24(2)10-6-9-23-13-16-11-19(25-3)20(12-17(16)21)26-14-15-7-4-5-8-18(15)22/h4-5,7-8,11-12,23H,6,9-10,13-14H2,1-3H3. The summed E-state index contributed by atoms with van der Waals surface area (Å²) in [5, 5.41) is 3.43. The van der Waals surface area contributed by atoms with E-state index in [2.05, 4.69) is 40.2 Å². The maximum atomic E-state index is 13.7. The lowest BCUT2D eigenvalue weighted by molar-refractivity contribution is 0.279. The number of methoxy groups -OCH3 is 1. The van der Waals surface area contributed by atoms with E-state index in [-0.39, 0.29) is 12.4 Å². The molecular weight excluding hydrogens is 399 g/mol. The third-order valence-corrected chi connectivity index (χ3v) is 4.69. The summed E-state index contributed by atoms with van der Waals surface area (Å²) in [6.07, 6.45) is 1.09. The number of nitrogens with zero attached hydrogens (tertiary/aromatic N) is 1. The molecule has 0 aliphatic heterocycles. The summed E-state index contributed by atoms with van der Waals surface area (Å²) in [7, 11) is 5.75. The molecule has 1 N–H and O–H groups in total. The third kappa shape index (κ3) is 6.27. The topological polar surface area (TPSA) is 33.7 Å². The molecule has 0 atom stereocenters. The number of benzene rings is 2. The van der Waals surface area contributed by atoms with Gasteiger partial charge in [-0.25, -0.2) is 4.39 Å². The summed E-state index contributed by atoms with van der Waals surface area (Å²) < 4.78 is 25.9. The van der Waals surface area contributed by atoms with E-state index in [1.165, 1.54) is 6.07 Å². The molecule has 0 aliphatic carbocycles. The number of rotatable bonds is 10. The second kappa shape index (κ2) is 10.5. The first-order valence-electron chi connectivity index (χ1n) is 8.59. The van der Waals surface area contributed by atoms with E-state index in [0.29, 0.717) is 17.1 Å². The molecule has 2 aromatic carbocycles. The minimum Gasteiger partial charge on any atom is -0.493 e. The Balaban J connectivity index is 1.98. The summed E-state index contributed by atoms with van der Waals surface area (Å²) in [5.74, 6) is 0.942. The third-order valence-electron chi connectivity index (χ3n) is 3.95. The van der Waals surface area contributed by atoms with Crippen molar-refractivity contribution < 1.29 is 13.9 Å². The maximum absolute atomic E-state index is 13.7. The van der Waals surface area contributed by atoms with Crippen molar-refractivity contribution in [1.82, 2.24) is 10.2 Å². The SMILES string of the molecule is COc1cc(CNCCCN(C)C)c(Br)cc1OCc1ccccc1F. The molecule has 0 radical (unpaired) electrons. The van der Waals surface area contributed by atoms with Crippen molar-refractivity contribution in [2.75, 3.05) is 34.3 Å². The highest BCUT2D eigenvalue weighted by molar-refractivity contribution is 9.10. The molecule has 2 aromatic rings. The van der Waals surface area contributed by atoms with Crippen LogP contribution in [0, 0.1) is 5.82 Å². The fourth-order valence-corrected chi connectivity index (χ4v) is 2.96. The Morgan fingerprint density at radius 2 is 1.88 bits per heavy atom. The molecule has 4 nitrogen and oxygen atoms in total.